The molecule has 1 atom stereocenters. The van der Waals surface area contributed by atoms with E-state index in [4.69, 9.17) is 0 Å². The number of nitrogens with one attached hydrogen (secondary N) is 1. The molecule has 1 aliphatic rings. The Hall–Kier alpha value is -1.43. The molecule has 0 aliphatic heterocycles. The van der Waals surface area contributed by atoms with Gasteiger partial charge in [-0.25, -0.2) is 0 Å². The van der Waals surface area contributed by atoms with Crippen LogP contribution in [0.5, 0.6) is 0 Å². The number of hydrogen-bond acceptors (Lipinski definition) is 4. The van der Waals surface area contributed by atoms with Crippen LogP contribution in [0.3, 0.4) is 0 Å². The largest absolute Gasteiger partial charge is 0.347 e. The van der Waals surface area contributed by atoms with Gasteiger partial charge in [0.15, 0.2) is 5.82 Å². The van der Waals surface area contributed by atoms with Crippen molar-refractivity contribution in [3.8, 4) is 0 Å². The maximum absolute atomic E-state index is 12.1. The van der Waals surface area contributed by atoms with Crippen LogP contribution in [0.4, 0.5) is 0 Å². The summed E-state index contributed by atoms with van der Waals surface area (Å²) < 4.78 is 2.03. The first-order chi connectivity index (χ1) is 9.54. The highest BCUT2D eigenvalue weighted by atomic mass is 16.2. The lowest BCUT2D eigenvalue weighted by Gasteiger charge is -2.24. The van der Waals surface area contributed by atoms with E-state index in [2.05, 4.69) is 15.5 Å². The molecular weight excluding hydrogens is 254 g/mol. The van der Waals surface area contributed by atoms with E-state index < -0.39 is 0 Å². The first-order valence-corrected chi connectivity index (χ1v) is 7.36. The number of nitrogens with zero attached hydrogens (tertiary/aromatic N) is 4. The van der Waals surface area contributed by atoms with Crippen molar-refractivity contribution in [2.24, 2.45) is 7.05 Å². The Morgan fingerprint density at radius 2 is 2.15 bits per heavy atom. The Labute approximate surface area is 120 Å². The third-order valence-corrected chi connectivity index (χ3v) is 4.20. The molecule has 6 heteroatoms. The first-order valence-electron chi connectivity index (χ1n) is 7.36. The molecule has 1 saturated carbocycles. The van der Waals surface area contributed by atoms with E-state index >= 15 is 0 Å². The molecule has 0 bridgehead atoms. The van der Waals surface area contributed by atoms with E-state index in [-0.39, 0.29) is 11.9 Å². The number of amides is 1. The van der Waals surface area contributed by atoms with Gasteiger partial charge < -0.3 is 9.88 Å². The summed E-state index contributed by atoms with van der Waals surface area (Å²) in [5.74, 6) is 2.49. The maximum atomic E-state index is 12.1. The fraction of sp³-hybridized carbons (Fsp3) is 0.786. The average Bonchev–Trinajstić information content (AvgIpc) is 2.67. The Bertz CT molecular complexity index is 464. The van der Waals surface area contributed by atoms with Gasteiger partial charge in [0.25, 0.3) is 0 Å². The number of likely N-dealkylation sites (N-methyl/N-ethyl adjacent to an activating group) is 1. The molecular formula is C14H25N5O. The molecule has 20 heavy (non-hydrogen) atoms. The Kier molecular flexibility index (Phi) is 4.75. The molecule has 0 saturated heterocycles. The van der Waals surface area contributed by atoms with Crippen LogP contribution in [0.15, 0.2) is 0 Å². The summed E-state index contributed by atoms with van der Waals surface area (Å²) in [4.78, 5) is 14.0. The van der Waals surface area contributed by atoms with Crippen LogP contribution < -0.4 is 5.32 Å². The summed E-state index contributed by atoms with van der Waals surface area (Å²) in [5, 5.41) is 11.4. The fourth-order valence-corrected chi connectivity index (χ4v) is 2.62. The van der Waals surface area contributed by atoms with Crippen molar-refractivity contribution in [2.75, 3.05) is 14.1 Å². The first kappa shape index (κ1) is 15.0. The van der Waals surface area contributed by atoms with Crippen LogP contribution in [-0.4, -0.2) is 45.7 Å². The molecule has 6 nitrogen and oxygen atoms in total. The van der Waals surface area contributed by atoms with E-state index in [1.165, 1.54) is 19.3 Å². The molecule has 0 radical (unpaired) electrons. The van der Waals surface area contributed by atoms with Crippen LogP contribution in [0.25, 0.3) is 0 Å². The van der Waals surface area contributed by atoms with Gasteiger partial charge in [0.05, 0.1) is 12.6 Å². The molecule has 0 spiro atoms. The Balaban J connectivity index is 1.93. The summed E-state index contributed by atoms with van der Waals surface area (Å²) in [6.07, 6.45) is 4.49. The maximum Gasteiger partial charge on any atom is 0.237 e. The van der Waals surface area contributed by atoms with Crippen molar-refractivity contribution in [1.82, 2.24) is 25.0 Å². The highest BCUT2D eigenvalue weighted by molar-refractivity contribution is 5.81. The molecule has 1 heterocycles. The molecule has 0 aromatic carbocycles. The van der Waals surface area contributed by atoms with Crippen molar-refractivity contribution < 1.29 is 4.79 Å². The van der Waals surface area contributed by atoms with Crippen LogP contribution in [0, 0.1) is 0 Å². The minimum Gasteiger partial charge on any atom is -0.347 e. The standard InChI is InChI=1S/C14H25N5O/c1-5-11(18(2)3)14(20)15-9-12-16-17-13(19(12)4)10-7-6-8-10/h10-11H,5-9H2,1-4H3,(H,15,20). The Morgan fingerprint density at radius 1 is 1.45 bits per heavy atom. The van der Waals surface area contributed by atoms with Gasteiger partial charge in [0, 0.05) is 13.0 Å². The lowest BCUT2D eigenvalue weighted by Crippen LogP contribution is -2.43. The van der Waals surface area contributed by atoms with Gasteiger partial charge >= 0.3 is 0 Å². The number of carbonyl (C=O) groups excluding carboxylic acids is 1. The number of hydrogen-bond donors (Lipinski definition) is 1. The average molecular weight is 279 g/mol. The summed E-state index contributed by atoms with van der Waals surface area (Å²) in [6, 6.07) is -0.0886. The minimum atomic E-state index is -0.0886. The van der Waals surface area contributed by atoms with Crippen molar-refractivity contribution in [2.45, 2.75) is 51.1 Å². The molecule has 1 N–H and O–H groups in total. The van der Waals surface area contributed by atoms with E-state index in [1.807, 2.05) is 37.5 Å². The SMILES string of the molecule is CCC(C(=O)NCc1nnc(C2CCC2)n1C)N(C)C. The van der Waals surface area contributed by atoms with Gasteiger partial charge in [0.2, 0.25) is 5.91 Å². The number of carbonyl (C=O) groups is 1. The van der Waals surface area contributed by atoms with Crippen LogP contribution >= 0.6 is 0 Å². The topological polar surface area (TPSA) is 63.1 Å². The molecule has 1 fully saturated rings. The van der Waals surface area contributed by atoms with Crippen LogP contribution in [0.1, 0.15) is 50.2 Å². The van der Waals surface area contributed by atoms with Crippen LogP contribution in [-0.2, 0) is 18.4 Å². The van der Waals surface area contributed by atoms with Gasteiger partial charge in [0.1, 0.15) is 5.82 Å². The molecule has 1 aromatic heterocycles. The van der Waals surface area contributed by atoms with Gasteiger partial charge in [-0.2, -0.15) is 0 Å². The zero-order valence-electron chi connectivity index (χ0n) is 12.9. The lowest BCUT2D eigenvalue weighted by atomic mass is 9.85. The molecule has 1 aromatic rings. The second kappa shape index (κ2) is 6.35. The summed E-state index contributed by atoms with van der Waals surface area (Å²) in [6.45, 7) is 2.46. The highest BCUT2D eigenvalue weighted by Gasteiger charge is 2.25. The smallest absolute Gasteiger partial charge is 0.237 e. The van der Waals surface area contributed by atoms with Gasteiger partial charge in [-0.1, -0.05) is 13.3 Å². The highest BCUT2D eigenvalue weighted by Crippen LogP contribution is 2.34. The number of rotatable bonds is 6. The monoisotopic (exact) mass is 279 g/mol. The van der Waals surface area contributed by atoms with E-state index in [0.717, 1.165) is 18.1 Å². The molecule has 1 amide bonds. The second-order valence-electron chi connectivity index (χ2n) is 5.77. The number of aromatic nitrogens is 3. The van der Waals surface area contributed by atoms with Crippen molar-refractivity contribution >= 4 is 5.91 Å². The van der Waals surface area contributed by atoms with Crippen molar-refractivity contribution in [1.29, 1.82) is 0 Å². The molecule has 1 unspecified atom stereocenters. The van der Waals surface area contributed by atoms with Crippen molar-refractivity contribution in [3.05, 3.63) is 11.6 Å². The third-order valence-electron chi connectivity index (χ3n) is 4.20. The predicted octanol–water partition coefficient (Wildman–Crippen LogP) is 1.04. The summed E-state index contributed by atoms with van der Waals surface area (Å²) >= 11 is 0. The third kappa shape index (κ3) is 3.00. The zero-order chi connectivity index (χ0) is 14.7. The predicted molar refractivity (Wildman–Crippen MR) is 77.2 cm³/mol. The van der Waals surface area contributed by atoms with Gasteiger partial charge in [-0.3, -0.25) is 9.69 Å². The molecule has 112 valence electrons. The van der Waals surface area contributed by atoms with Gasteiger partial charge in [-0.05, 0) is 33.4 Å². The quantitative estimate of drug-likeness (QED) is 0.845. The zero-order valence-corrected chi connectivity index (χ0v) is 12.9. The lowest BCUT2D eigenvalue weighted by molar-refractivity contribution is -0.125. The van der Waals surface area contributed by atoms with E-state index in [0.29, 0.717) is 12.5 Å². The minimum absolute atomic E-state index is 0.0469. The van der Waals surface area contributed by atoms with Crippen molar-refractivity contribution in [3.63, 3.8) is 0 Å². The summed E-state index contributed by atoms with van der Waals surface area (Å²) in [7, 11) is 5.83. The normalized spacial score (nSPS) is 17.1. The molecule has 1 aliphatic carbocycles. The summed E-state index contributed by atoms with van der Waals surface area (Å²) in [5.41, 5.74) is 0. The van der Waals surface area contributed by atoms with Crippen LogP contribution in [0.2, 0.25) is 0 Å². The second-order valence-corrected chi connectivity index (χ2v) is 5.77. The molecule has 2 rings (SSSR count). The van der Waals surface area contributed by atoms with Gasteiger partial charge in [-0.15, -0.1) is 10.2 Å². The van der Waals surface area contributed by atoms with E-state index in [1.54, 1.807) is 0 Å². The Morgan fingerprint density at radius 3 is 2.65 bits per heavy atom. The van der Waals surface area contributed by atoms with E-state index in [9.17, 15) is 4.79 Å². The fourth-order valence-electron chi connectivity index (χ4n) is 2.62.